The van der Waals surface area contributed by atoms with Crippen molar-refractivity contribution in [1.29, 1.82) is 0 Å². The van der Waals surface area contributed by atoms with Crippen LogP contribution in [0.25, 0.3) is 0 Å². The van der Waals surface area contributed by atoms with Gasteiger partial charge in [0.2, 0.25) is 0 Å². The van der Waals surface area contributed by atoms with Gasteiger partial charge in [-0.05, 0) is 13.0 Å². The first kappa shape index (κ1) is 12.0. The predicted molar refractivity (Wildman–Crippen MR) is 73.3 cm³/mol. The van der Waals surface area contributed by atoms with Gasteiger partial charge in [0.1, 0.15) is 11.6 Å². The van der Waals surface area contributed by atoms with Gasteiger partial charge >= 0.3 is 0 Å². The molecule has 3 nitrogen and oxygen atoms in total. The highest BCUT2D eigenvalue weighted by Crippen LogP contribution is 2.40. The summed E-state index contributed by atoms with van der Waals surface area (Å²) in [6.45, 7) is 5.25. The van der Waals surface area contributed by atoms with E-state index in [0.29, 0.717) is 10.5 Å². The summed E-state index contributed by atoms with van der Waals surface area (Å²) in [4.78, 5) is 8.99. The molecule has 1 aromatic rings. The van der Waals surface area contributed by atoms with Crippen molar-refractivity contribution in [3.63, 3.8) is 0 Å². The molecule has 0 amide bonds. The van der Waals surface area contributed by atoms with E-state index in [1.54, 1.807) is 0 Å². The molecule has 2 rings (SSSR count). The van der Waals surface area contributed by atoms with Crippen molar-refractivity contribution in [2.24, 2.45) is 0 Å². The van der Waals surface area contributed by atoms with Crippen LogP contribution in [0.2, 0.25) is 0 Å². The number of aromatic nitrogens is 2. The van der Waals surface area contributed by atoms with Crippen LogP contribution in [0.4, 0.5) is 5.82 Å². The van der Waals surface area contributed by atoms with Crippen LogP contribution in [0.3, 0.4) is 0 Å². The third-order valence-electron chi connectivity index (χ3n) is 2.47. The lowest BCUT2D eigenvalue weighted by Gasteiger charge is -2.26. The van der Waals surface area contributed by atoms with E-state index < -0.39 is 0 Å². The molecule has 1 aliphatic rings. The Kier molecular flexibility index (Phi) is 4.35. The largest absolute Gasteiger partial charge is 0.370 e. The van der Waals surface area contributed by atoms with Crippen LogP contribution in [-0.2, 0) is 0 Å². The maximum atomic E-state index is 4.58. The minimum absolute atomic E-state index is 0.442. The lowest BCUT2D eigenvalue weighted by Crippen LogP contribution is -2.18. The molecule has 0 radical (unpaired) electrons. The zero-order valence-corrected chi connectivity index (χ0v) is 11.3. The van der Waals surface area contributed by atoms with E-state index in [-0.39, 0.29) is 0 Å². The number of rotatable bonds is 3. The normalized spacial score (nSPS) is 25.4. The number of nitrogens with one attached hydrogen (secondary N) is 1. The number of anilines is 1. The minimum Gasteiger partial charge on any atom is -0.370 e. The van der Waals surface area contributed by atoms with Crippen LogP contribution in [0.15, 0.2) is 12.3 Å². The molecule has 1 saturated heterocycles. The fourth-order valence-electron chi connectivity index (χ4n) is 1.71. The zero-order valence-electron chi connectivity index (χ0n) is 9.64. The van der Waals surface area contributed by atoms with Crippen LogP contribution < -0.4 is 5.32 Å². The summed E-state index contributed by atoms with van der Waals surface area (Å²) >= 11 is 4.00. The Hall–Kier alpha value is -0.420. The number of nitrogens with zero attached hydrogens (tertiary/aromatic N) is 2. The molecule has 0 saturated carbocycles. The molecule has 0 aliphatic carbocycles. The summed E-state index contributed by atoms with van der Waals surface area (Å²) in [5, 5.41) is 4.28. The monoisotopic (exact) mass is 255 g/mol. The summed E-state index contributed by atoms with van der Waals surface area (Å²) in [7, 11) is 0. The summed E-state index contributed by atoms with van der Waals surface area (Å²) in [6, 6.07) is 1.93. The predicted octanol–water partition coefficient (Wildman–Crippen LogP) is 2.82. The van der Waals surface area contributed by atoms with Gasteiger partial charge in [-0.2, -0.15) is 11.8 Å². The SMILES string of the molecule is CCNc1ccnc(C2SCCSC2C)n1. The van der Waals surface area contributed by atoms with E-state index in [9.17, 15) is 0 Å². The van der Waals surface area contributed by atoms with Crippen molar-refractivity contribution >= 4 is 29.3 Å². The standard InChI is InChI=1S/C11H17N3S2/c1-3-12-9-4-5-13-11(14-9)10-8(2)15-6-7-16-10/h4-5,8,10H,3,6-7H2,1-2H3,(H,12,13,14). The summed E-state index contributed by atoms with van der Waals surface area (Å²) < 4.78 is 0. The van der Waals surface area contributed by atoms with E-state index >= 15 is 0 Å². The molecule has 0 spiro atoms. The van der Waals surface area contributed by atoms with E-state index in [1.807, 2.05) is 35.8 Å². The first-order valence-electron chi connectivity index (χ1n) is 5.61. The minimum atomic E-state index is 0.442. The lowest BCUT2D eigenvalue weighted by molar-refractivity contribution is 0.823. The molecule has 1 N–H and O–H groups in total. The molecule has 2 unspecified atom stereocenters. The van der Waals surface area contributed by atoms with Crippen LogP contribution in [0.5, 0.6) is 0 Å². The molecule has 88 valence electrons. The Morgan fingerprint density at radius 1 is 1.44 bits per heavy atom. The van der Waals surface area contributed by atoms with Crippen LogP contribution in [0.1, 0.15) is 24.9 Å². The maximum Gasteiger partial charge on any atom is 0.144 e. The van der Waals surface area contributed by atoms with Gasteiger partial charge in [-0.25, -0.2) is 9.97 Å². The van der Waals surface area contributed by atoms with Gasteiger partial charge in [-0.15, -0.1) is 11.8 Å². The van der Waals surface area contributed by atoms with Gasteiger partial charge in [0, 0.05) is 29.5 Å². The molecule has 1 fully saturated rings. The highest BCUT2D eigenvalue weighted by atomic mass is 32.2. The number of hydrogen-bond acceptors (Lipinski definition) is 5. The third-order valence-corrected chi connectivity index (χ3v) is 5.56. The van der Waals surface area contributed by atoms with Crippen LogP contribution in [0, 0.1) is 0 Å². The Morgan fingerprint density at radius 3 is 3.00 bits per heavy atom. The van der Waals surface area contributed by atoms with Crippen molar-refractivity contribution in [2.45, 2.75) is 24.3 Å². The Balaban J connectivity index is 2.15. The first-order chi connectivity index (χ1) is 7.81. The highest BCUT2D eigenvalue weighted by Gasteiger charge is 2.26. The fourth-order valence-corrected chi connectivity index (χ4v) is 4.40. The molecule has 0 aromatic carbocycles. The lowest BCUT2D eigenvalue weighted by atomic mass is 10.3. The fraction of sp³-hybridized carbons (Fsp3) is 0.636. The summed E-state index contributed by atoms with van der Waals surface area (Å²) in [6.07, 6.45) is 1.85. The van der Waals surface area contributed by atoms with Crippen molar-refractivity contribution in [3.8, 4) is 0 Å². The molecule has 1 aliphatic heterocycles. The second-order valence-electron chi connectivity index (χ2n) is 3.70. The topological polar surface area (TPSA) is 37.8 Å². The van der Waals surface area contributed by atoms with E-state index in [4.69, 9.17) is 0 Å². The Labute approximate surface area is 105 Å². The molecule has 0 bridgehead atoms. The van der Waals surface area contributed by atoms with Crippen molar-refractivity contribution in [2.75, 3.05) is 23.4 Å². The van der Waals surface area contributed by atoms with Gasteiger partial charge in [0.05, 0.1) is 5.25 Å². The second-order valence-corrected chi connectivity index (χ2v) is 6.43. The van der Waals surface area contributed by atoms with Gasteiger partial charge < -0.3 is 5.32 Å². The average Bonchev–Trinajstić information content (AvgIpc) is 2.30. The first-order valence-corrected chi connectivity index (χ1v) is 7.71. The molecular formula is C11H17N3S2. The number of hydrogen-bond donors (Lipinski definition) is 1. The molecule has 16 heavy (non-hydrogen) atoms. The van der Waals surface area contributed by atoms with Crippen LogP contribution in [-0.4, -0.2) is 33.3 Å². The highest BCUT2D eigenvalue weighted by molar-refractivity contribution is 8.06. The quantitative estimate of drug-likeness (QED) is 0.899. The maximum absolute atomic E-state index is 4.58. The van der Waals surface area contributed by atoms with E-state index in [0.717, 1.165) is 18.2 Å². The number of thioether (sulfide) groups is 2. The third kappa shape index (κ3) is 2.83. The van der Waals surface area contributed by atoms with Crippen molar-refractivity contribution in [1.82, 2.24) is 9.97 Å². The molecule has 5 heteroatoms. The Morgan fingerprint density at radius 2 is 2.25 bits per heavy atom. The van der Waals surface area contributed by atoms with Gasteiger partial charge in [0.25, 0.3) is 0 Å². The Bertz CT molecular complexity index is 346. The zero-order chi connectivity index (χ0) is 11.4. The molecule has 1 aromatic heterocycles. The smallest absolute Gasteiger partial charge is 0.144 e. The average molecular weight is 255 g/mol. The van der Waals surface area contributed by atoms with Crippen LogP contribution >= 0.6 is 23.5 Å². The summed E-state index contributed by atoms with van der Waals surface area (Å²) in [5.41, 5.74) is 0. The molecular weight excluding hydrogens is 238 g/mol. The van der Waals surface area contributed by atoms with E-state index in [1.165, 1.54) is 11.5 Å². The van der Waals surface area contributed by atoms with E-state index in [2.05, 4.69) is 29.1 Å². The summed E-state index contributed by atoms with van der Waals surface area (Å²) in [5.74, 6) is 4.36. The van der Waals surface area contributed by atoms with Crippen molar-refractivity contribution in [3.05, 3.63) is 18.1 Å². The second kappa shape index (κ2) is 5.77. The molecule has 2 heterocycles. The van der Waals surface area contributed by atoms with Crippen molar-refractivity contribution < 1.29 is 0 Å². The molecule has 2 atom stereocenters. The van der Waals surface area contributed by atoms with Gasteiger partial charge in [0.15, 0.2) is 0 Å². The van der Waals surface area contributed by atoms with Gasteiger partial charge in [-0.3, -0.25) is 0 Å². The van der Waals surface area contributed by atoms with Gasteiger partial charge in [-0.1, -0.05) is 6.92 Å².